The van der Waals surface area contributed by atoms with Crippen molar-refractivity contribution in [1.29, 1.82) is 0 Å². The number of unbranched alkanes of at least 4 members (excludes halogenated alkanes) is 2. The third-order valence-corrected chi connectivity index (χ3v) is 1.34. The van der Waals surface area contributed by atoms with Crippen molar-refractivity contribution in [1.82, 2.24) is 10.5 Å². The van der Waals surface area contributed by atoms with Crippen molar-refractivity contribution in [2.45, 2.75) is 26.2 Å². The van der Waals surface area contributed by atoms with Gasteiger partial charge in [0.05, 0.1) is 0 Å². The normalized spacial score (nSPS) is 9.90. The van der Waals surface area contributed by atoms with E-state index in [9.17, 15) is 0 Å². The van der Waals surface area contributed by atoms with Crippen LogP contribution in [0.5, 0.6) is 0 Å². The fourth-order valence-corrected chi connectivity index (χ4v) is 0.770. The minimum absolute atomic E-state index is 1.03. The fraction of sp³-hybridized carbons (Fsp3) is 0.857. The second-order valence-corrected chi connectivity index (χ2v) is 2.39. The molecule has 0 aliphatic carbocycles. The average Bonchev–Trinajstić information content (AvgIpc) is 1.89. The Morgan fingerprint density at radius 1 is 1.50 bits per heavy atom. The summed E-state index contributed by atoms with van der Waals surface area (Å²) in [7, 11) is 1.96. The molecule has 1 N–H and O–H groups in total. The molecule has 0 atom stereocenters. The van der Waals surface area contributed by atoms with Crippen LogP contribution < -0.4 is 5.53 Å². The first-order valence-electron chi connectivity index (χ1n) is 3.73. The molecule has 3 nitrogen and oxygen atoms in total. The lowest BCUT2D eigenvalue weighted by atomic mass is 10.2. The standard InChI is InChI=1S/C7H17N3/c1-4-5-6-7-10(3)9-8-2/h9H,2,4-7H2,1,3H3. The van der Waals surface area contributed by atoms with Gasteiger partial charge >= 0.3 is 0 Å². The van der Waals surface area contributed by atoms with Crippen LogP contribution in [0.1, 0.15) is 26.2 Å². The number of hydrogen-bond acceptors (Lipinski definition) is 3. The molecule has 0 rings (SSSR count). The summed E-state index contributed by atoms with van der Waals surface area (Å²) in [6, 6.07) is 0. The maximum absolute atomic E-state index is 3.54. The molecule has 0 saturated carbocycles. The van der Waals surface area contributed by atoms with Crippen molar-refractivity contribution < 1.29 is 0 Å². The zero-order valence-corrected chi connectivity index (χ0v) is 6.93. The minimum atomic E-state index is 1.03. The van der Waals surface area contributed by atoms with Crippen LogP contribution in [0, 0.1) is 0 Å². The first-order valence-corrected chi connectivity index (χ1v) is 3.73. The Morgan fingerprint density at radius 3 is 2.70 bits per heavy atom. The van der Waals surface area contributed by atoms with E-state index in [1.807, 2.05) is 12.1 Å². The molecule has 0 aromatic rings. The molecule has 0 fully saturated rings. The van der Waals surface area contributed by atoms with Gasteiger partial charge in [-0.25, -0.2) is 10.5 Å². The molecule has 0 heterocycles. The summed E-state index contributed by atoms with van der Waals surface area (Å²) >= 11 is 0. The Morgan fingerprint density at radius 2 is 2.20 bits per heavy atom. The minimum Gasteiger partial charge on any atom is -0.241 e. The van der Waals surface area contributed by atoms with Crippen LogP contribution in [0.4, 0.5) is 0 Å². The van der Waals surface area contributed by atoms with Gasteiger partial charge in [0.25, 0.3) is 0 Å². The molecule has 0 radical (unpaired) electrons. The van der Waals surface area contributed by atoms with E-state index in [0.717, 1.165) is 6.54 Å². The lowest BCUT2D eigenvalue weighted by Gasteiger charge is -2.13. The van der Waals surface area contributed by atoms with Gasteiger partial charge in [-0.1, -0.05) is 19.8 Å². The van der Waals surface area contributed by atoms with Crippen molar-refractivity contribution in [2.24, 2.45) is 5.10 Å². The van der Waals surface area contributed by atoms with Crippen molar-refractivity contribution in [2.75, 3.05) is 13.6 Å². The Labute approximate surface area is 63.1 Å². The first-order chi connectivity index (χ1) is 4.81. The van der Waals surface area contributed by atoms with Gasteiger partial charge < -0.3 is 0 Å². The lowest BCUT2D eigenvalue weighted by molar-refractivity contribution is 0.237. The van der Waals surface area contributed by atoms with E-state index >= 15 is 0 Å². The Bertz CT molecular complexity index is 82.9. The third kappa shape index (κ3) is 5.56. The van der Waals surface area contributed by atoms with Gasteiger partial charge in [0.2, 0.25) is 0 Å². The lowest BCUT2D eigenvalue weighted by Crippen LogP contribution is -2.30. The summed E-state index contributed by atoms with van der Waals surface area (Å²) in [5, 5.41) is 5.47. The zero-order valence-electron chi connectivity index (χ0n) is 6.93. The van der Waals surface area contributed by atoms with Crippen LogP contribution >= 0.6 is 0 Å². The largest absolute Gasteiger partial charge is 0.241 e. The summed E-state index contributed by atoms with van der Waals surface area (Å²) in [4.78, 5) is 0. The highest BCUT2D eigenvalue weighted by atomic mass is 15.6. The van der Waals surface area contributed by atoms with Crippen LogP contribution in [0.25, 0.3) is 0 Å². The monoisotopic (exact) mass is 143 g/mol. The molecule has 0 bridgehead atoms. The molecule has 0 spiro atoms. The molecule has 0 saturated heterocycles. The Kier molecular flexibility index (Phi) is 6.18. The number of hydrazone groups is 1. The number of hydrazine groups is 1. The zero-order chi connectivity index (χ0) is 7.82. The molecule has 0 aliphatic heterocycles. The quantitative estimate of drug-likeness (QED) is 0.344. The molecule has 0 amide bonds. The highest BCUT2D eigenvalue weighted by Crippen LogP contribution is 1.93. The first kappa shape index (κ1) is 9.43. The molecule has 0 aromatic heterocycles. The van der Waals surface area contributed by atoms with Crippen LogP contribution in [0.2, 0.25) is 0 Å². The number of nitrogens with zero attached hydrogens (tertiary/aromatic N) is 2. The average molecular weight is 143 g/mol. The van der Waals surface area contributed by atoms with Crippen molar-refractivity contribution in [3.63, 3.8) is 0 Å². The summed E-state index contributed by atoms with van der Waals surface area (Å²) in [6.07, 6.45) is 3.76. The van der Waals surface area contributed by atoms with Crippen molar-refractivity contribution in [3.8, 4) is 0 Å². The van der Waals surface area contributed by atoms with Gasteiger partial charge in [-0.3, -0.25) is 0 Å². The Hall–Kier alpha value is -0.570. The summed E-state index contributed by atoms with van der Waals surface area (Å²) in [6.45, 7) is 6.55. The second-order valence-electron chi connectivity index (χ2n) is 2.39. The second kappa shape index (κ2) is 6.55. The molecule has 60 valence electrons. The van der Waals surface area contributed by atoms with E-state index in [0.29, 0.717) is 0 Å². The van der Waals surface area contributed by atoms with Crippen molar-refractivity contribution >= 4 is 6.72 Å². The van der Waals surface area contributed by atoms with Crippen LogP contribution in [0.3, 0.4) is 0 Å². The Balaban J connectivity index is 3.04. The SMILES string of the molecule is C=NNN(C)CCCCC. The smallest absolute Gasteiger partial charge is 0.0191 e. The van der Waals surface area contributed by atoms with Crippen LogP contribution in [-0.4, -0.2) is 25.3 Å². The number of rotatable bonds is 6. The predicted molar refractivity (Wildman–Crippen MR) is 44.8 cm³/mol. The van der Waals surface area contributed by atoms with E-state index < -0.39 is 0 Å². The van der Waals surface area contributed by atoms with Gasteiger partial charge in [-0.15, -0.1) is 0 Å². The molecule has 10 heavy (non-hydrogen) atoms. The fourth-order valence-electron chi connectivity index (χ4n) is 0.770. The van der Waals surface area contributed by atoms with Gasteiger partial charge in [-0.2, -0.15) is 5.10 Å². The van der Waals surface area contributed by atoms with E-state index in [1.165, 1.54) is 19.3 Å². The molecular weight excluding hydrogens is 126 g/mol. The van der Waals surface area contributed by atoms with Gasteiger partial charge in [0.1, 0.15) is 0 Å². The maximum Gasteiger partial charge on any atom is 0.0191 e. The highest BCUT2D eigenvalue weighted by Gasteiger charge is 1.91. The van der Waals surface area contributed by atoms with E-state index in [4.69, 9.17) is 0 Å². The van der Waals surface area contributed by atoms with Crippen LogP contribution in [-0.2, 0) is 0 Å². The highest BCUT2D eigenvalue weighted by molar-refractivity contribution is 5.22. The maximum atomic E-state index is 3.54. The molecule has 0 unspecified atom stereocenters. The summed E-state index contributed by atoms with van der Waals surface area (Å²) < 4.78 is 0. The van der Waals surface area contributed by atoms with Gasteiger partial charge in [0, 0.05) is 20.3 Å². The van der Waals surface area contributed by atoms with E-state index in [2.05, 4.69) is 24.3 Å². The van der Waals surface area contributed by atoms with Gasteiger partial charge in [-0.05, 0) is 6.42 Å². The molecule has 3 heteroatoms. The molecular formula is C7H17N3. The number of hydrogen-bond donors (Lipinski definition) is 1. The van der Waals surface area contributed by atoms with Crippen molar-refractivity contribution in [3.05, 3.63) is 0 Å². The predicted octanol–water partition coefficient (Wildman–Crippen LogP) is 1.23. The molecule has 0 aliphatic rings. The van der Waals surface area contributed by atoms with E-state index in [1.54, 1.807) is 0 Å². The van der Waals surface area contributed by atoms with E-state index in [-0.39, 0.29) is 0 Å². The number of nitrogens with one attached hydrogen (secondary N) is 1. The summed E-state index contributed by atoms with van der Waals surface area (Å²) in [5.41, 5.74) is 2.75. The van der Waals surface area contributed by atoms with Gasteiger partial charge in [0.15, 0.2) is 0 Å². The van der Waals surface area contributed by atoms with Crippen LogP contribution in [0.15, 0.2) is 5.10 Å². The molecule has 0 aromatic carbocycles. The summed E-state index contributed by atoms with van der Waals surface area (Å²) in [5.74, 6) is 0. The topological polar surface area (TPSA) is 27.6 Å². The third-order valence-electron chi connectivity index (χ3n) is 1.34.